The molecular weight excluding hydrogens is 158 g/mol. The minimum Gasteiger partial charge on any atom is -0.261 e. The molecule has 0 atom stereocenters. The summed E-state index contributed by atoms with van der Waals surface area (Å²) >= 11 is 0. The Morgan fingerprint density at radius 2 is 2.15 bits per heavy atom. The Morgan fingerprint density at radius 3 is 3.00 bits per heavy atom. The minimum atomic E-state index is 1.20. The van der Waals surface area contributed by atoms with Crippen LogP contribution >= 0.6 is 0 Å². The molecular formula is C12H17N. The number of pyridine rings is 1. The van der Waals surface area contributed by atoms with E-state index in [0.29, 0.717) is 0 Å². The Labute approximate surface area is 80.2 Å². The number of aromatic nitrogens is 1. The number of hydrogen-bond donors (Lipinski definition) is 0. The standard InChI is InChI=1S/C12H17N/c1-2-5-10-8-9-13-12-7-4-3-6-11(10)12/h8-9H,2-7H2,1H3. The third kappa shape index (κ3) is 1.74. The monoisotopic (exact) mass is 175 g/mol. The fourth-order valence-electron chi connectivity index (χ4n) is 2.20. The molecule has 1 aromatic heterocycles. The van der Waals surface area contributed by atoms with E-state index in [1.54, 1.807) is 11.1 Å². The van der Waals surface area contributed by atoms with Gasteiger partial charge in [0.2, 0.25) is 0 Å². The summed E-state index contributed by atoms with van der Waals surface area (Å²) in [4.78, 5) is 4.46. The Kier molecular flexibility index (Phi) is 2.62. The maximum Gasteiger partial charge on any atom is 0.0438 e. The lowest BCUT2D eigenvalue weighted by Crippen LogP contribution is -2.08. The molecule has 1 aromatic rings. The highest BCUT2D eigenvalue weighted by Gasteiger charge is 2.12. The van der Waals surface area contributed by atoms with Gasteiger partial charge in [-0.25, -0.2) is 0 Å². The van der Waals surface area contributed by atoms with Gasteiger partial charge in [-0.15, -0.1) is 0 Å². The highest BCUT2D eigenvalue weighted by atomic mass is 14.7. The molecule has 0 amide bonds. The molecule has 13 heavy (non-hydrogen) atoms. The van der Waals surface area contributed by atoms with Crippen LogP contribution < -0.4 is 0 Å². The number of hydrogen-bond acceptors (Lipinski definition) is 1. The van der Waals surface area contributed by atoms with Crippen LogP contribution in [-0.4, -0.2) is 4.98 Å². The molecule has 1 aliphatic carbocycles. The van der Waals surface area contributed by atoms with Crippen molar-refractivity contribution in [2.75, 3.05) is 0 Å². The summed E-state index contributed by atoms with van der Waals surface area (Å²) in [6, 6.07) is 2.20. The number of aryl methyl sites for hydroxylation is 2. The number of rotatable bonds is 2. The molecule has 0 N–H and O–H groups in total. The number of nitrogens with zero attached hydrogens (tertiary/aromatic N) is 1. The molecule has 1 aliphatic rings. The summed E-state index contributed by atoms with van der Waals surface area (Å²) in [6.45, 7) is 2.25. The Balaban J connectivity index is 2.34. The van der Waals surface area contributed by atoms with Crippen molar-refractivity contribution < 1.29 is 0 Å². The SMILES string of the molecule is CCCc1ccnc2c1CCCC2. The summed E-state index contributed by atoms with van der Waals surface area (Å²) in [7, 11) is 0. The van der Waals surface area contributed by atoms with Crippen molar-refractivity contribution in [1.29, 1.82) is 0 Å². The third-order valence-electron chi connectivity index (χ3n) is 2.85. The van der Waals surface area contributed by atoms with Gasteiger partial charge < -0.3 is 0 Å². The average molecular weight is 175 g/mol. The fourth-order valence-corrected chi connectivity index (χ4v) is 2.20. The van der Waals surface area contributed by atoms with E-state index in [2.05, 4.69) is 18.0 Å². The van der Waals surface area contributed by atoms with Crippen LogP contribution in [0.4, 0.5) is 0 Å². The van der Waals surface area contributed by atoms with Crippen LogP contribution in [0, 0.1) is 0 Å². The molecule has 0 radical (unpaired) electrons. The predicted molar refractivity (Wildman–Crippen MR) is 54.9 cm³/mol. The van der Waals surface area contributed by atoms with Gasteiger partial charge in [0.05, 0.1) is 0 Å². The molecule has 0 aromatic carbocycles. The molecule has 1 heteroatoms. The first-order valence-electron chi connectivity index (χ1n) is 5.37. The van der Waals surface area contributed by atoms with E-state index in [4.69, 9.17) is 0 Å². The second kappa shape index (κ2) is 3.91. The third-order valence-corrected chi connectivity index (χ3v) is 2.85. The van der Waals surface area contributed by atoms with Crippen molar-refractivity contribution in [3.05, 3.63) is 29.1 Å². The fraction of sp³-hybridized carbons (Fsp3) is 0.583. The van der Waals surface area contributed by atoms with E-state index in [-0.39, 0.29) is 0 Å². The first-order valence-corrected chi connectivity index (χ1v) is 5.37. The lowest BCUT2D eigenvalue weighted by atomic mass is 9.91. The Hall–Kier alpha value is -0.850. The van der Waals surface area contributed by atoms with Crippen LogP contribution in [0.3, 0.4) is 0 Å². The van der Waals surface area contributed by atoms with E-state index in [1.807, 2.05) is 6.20 Å². The highest BCUT2D eigenvalue weighted by Crippen LogP contribution is 2.23. The van der Waals surface area contributed by atoms with Crippen molar-refractivity contribution in [1.82, 2.24) is 4.98 Å². The van der Waals surface area contributed by atoms with Crippen molar-refractivity contribution in [3.63, 3.8) is 0 Å². The molecule has 2 rings (SSSR count). The second-order valence-corrected chi connectivity index (χ2v) is 3.85. The molecule has 1 heterocycles. The number of fused-ring (bicyclic) bond motifs is 1. The molecule has 0 saturated carbocycles. The normalized spacial score (nSPS) is 15.5. The van der Waals surface area contributed by atoms with E-state index in [9.17, 15) is 0 Å². The summed E-state index contributed by atoms with van der Waals surface area (Å²) in [5.74, 6) is 0. The van der Waals surface area contributed by atoms with Gasteiger partial charge in [-0.05, 0) is 49.3 Å². The minimum absolute atomic E-state index is 1.20. The molecule has 0 spiro atoms. The van der Waals surface area contributed by atoms with E-state index < -0.39 is 0 Å². The lowest BCUT2D eigenvalue weighted by molar-refractivity contribution is 0.658. The topological polar surface area (TPSA) is 12.9 Å². The van der Waals surface area contributed by atoms with Gasteiger partial charge in [0, 0.05) is 11.9 Å². The maximum absolute atomic E-state index is 4.46. The molecule has 0 bridgehead atoms. The van der Waals surface area contributed by atoms with Crippen LogP contribution in [0.5, 0.6) is 0 Å². The summed E-state index contributed by atoms with van der Waals surface area (Å²) in [5.41, 5.74) is 4.49. The summed E-state index contributed by atoms with van der Waals surface area (Å²) in [6.07, 6.45) is 9.60. The van der Waals surface area contributed by atoms with Gasteiger partial charge in [0.1, 0.15) is 0 Å². The highest BCUT2D eigenvalue weighted by molar-refractivity contribution is 5.31. The van der Waals surface area contributed by atoms with Crippen molar-refractivity contribution >= 4 is 0 Å². The molecule has 0 aliphatic heterocycles. The predicted octanol–water partition coefficient (Wildman–Crippen LogP) is 2.91. The van der Waals surface area contributed by atoms with Crippen molar-refractivity contribution in [2.45, 2.75) is 45.4 Å². The van der Waals surface area contributed by atoms with E-state index in [1.165, 1.54) is 44.2 Å². The zero-order chi connectivity index (χ0) is 9.10. The zero-order valence-electron chi connectivity index (χ0n) is 8.34. The molecule has 0 fully saturated rings. The van der Waals surface area contributed by atoms with Crippen molar-refractivity contribution in [3.8, 4) is 0 Å². The van der Waals surface area contributed by atoms with Gasteiger partial charge in [-0.1, -0.05) is 13.3 Å². The van der Waals surface area contributed by atoms with Crippen LogP contribution in [-0.2, 0) is 19.3 Å². The van der Waals surface area contributed by atoms with Gasteiger partial charge in [0.25, 0.3) is 0 Å². The Morgan fingerprint density at radius 1 is 1.31 bits per heavy atom. The lowest BCUT2D eigenvalue weighted by Gasteiger charge is -2.17. The van der Waals surface area contributed by atoms with Crippen LogP contribution in [0.25, 0.3) is 0 Å². The van der Waals surface area contributed by atoms with Gasteiger partial charge in [-0.3, -0.25) is 4.98 Å². The van der Waals surface area contributed by atoms with Crippen molar-refractivity contribution in [2.24, 2.45) is 0 Å². The van der Waals surface area contributed by atoms with E-state index in [0.717, 1.165) is 0 Å². The van der Waals surface area contributed by atoms with Crippen LogP contribution in [0.2, 0.25) is 0 Å². The van der Waals surface area contributed by atoms with E-state index >= 15 is 0 Å². The molecule has 0 unspecified atom stereocenters. The first-order chi connectivity index (χ1) is 6.42. The zero-order valence-corrected chi connectivity index (χ0v) is 8.34. The smallest absolute Gasteiger partial charge is 0.0438 e. The van der Waals surface area contributed by atoms with Gasteiger partial charge in [-0.2, -0.15) is 0 Å². The van der Waals surface area contributed by atoms with Gasteiger partial charge >= 0.3 is 0 Å². The summed E-state index contributed by atoms with van der Waals surface area (Å²) in [5, 5.41) is 0. The van der Waals surface area contributed by atoms with Gasteiger partial charge in [0.15, 0.2) is 0 Å². The largest absolute Gasteiger partial charge is 0.261 e. The maximum atomic E-state index is 4.46. The molecule has 1 nitrogen and oxygen atoms in total. The summed E-state index contributed by atoms with van der Waals surface area (Å²) < 4.78 is 0. The first kappa shape index (κ1) is 8.74. The second-order valence-electron chi connectivity index (χ2n) is 3.85. The Bertz CT molecular complexity index is 291. The molecule has 0 saturated heterocycles. The average Bonchev–Trinajstić information content (AvgIpc) is 2.19. The quantitative estimate of drug-likeness (QED) is 0.673. The van der Waals surface area contributed by atoms with Crippen LogP contribution in [0.1, 0.15) is 43.0 Å². The molecule has 70 valence electrons. The van der Waals surface area contributed by atoms with Crippen LogP contribution in [0.15, 0.2) is 12.3 Å².